The number of nitrogens with two attached hydrogens (primary N) is 1. The zero-order valence-electron chi connectivity index (χ0n) is 17.5. The third kappa shape index (κ3) is 6.34. The van der Waals surface area contributed by atoms with Gasteiger partial charge in [0, 0.05) is 18.4 Å². The van der Waals surface area contributed by atoms with Crippen LogP contribution in [0.25, 0.3) is 11.4 Å². The van der Waals surface area contributed by atoms with Gasteiger partial charge in [-0.15, -0.1) is 10.2 Å². The molecular formula is C18H22F2N6O6S. The lowest BCUT2D eigenvalue weighted by Crippen LogP contribution is -2.33. The summed E-state index contributed by atoms with van der Waals surface area (Å²) in [6.45, 7) is -0.452. The van der Waals surface area contributed by atoms with E-state index in [4.69, 9.17) is 10.5 Å². The first-order valence-electron chi connectivity index (χ1n) is 9.81. The van der Waals surface area contributed by atoms with E-state index in [0.717, 1.165) is 0 Å². The van der Waals surface area contributed by atoms with E-state index in [2.05, 4.69) is 20.1 Å². The summed E-state index contributed by atoms with van der Waals surface area (Å²) < 4.78 is 62.7. The molecule has 1 saturated carbocycles. The van der Waals surface area contributed by atoms with Crippen LogP contribution < -0.4 is 15.2 Å². The molecule has 0 aliphatic heterocycles. The molecule has 0 atom stereocenters. The Balaban J connectivity index is 1.72. The van der Waals surface area contributed by atoms with E-state index in [-0.39, 0.29) is 35.2 Å². The number of primary amides is 1. The molecule has 33 heavy (non-hydrogen) atoms. The number of carbonyl (C=O) groups is 2. The van der Waals surface area contributed by atoms with Gasteiger partial charge in [-0.3, -0.25) is 4.79 Å². The number of ether oxygens (including phenoxy) is 2. The maximum atomic E-state index is 13.3. The van der Waals surface area contributed by atoms with Gasteiger partial charge in [0.05, 0.1) is 13.7 Å². The molecule has 15 heteroatoms. The lowest BCUT2D eigenvalue weighted by molar-refractivity contribution is -0.120. The number of nitrogens with zero attached hydrogens (tertiary/aromatic N) is 4. The van der Waals surface area contributed by atoms with E-state index in [0.29, 0.717) is 24.9 Å². The fraction of sp³-hybridized carbons (Fsp3) is 0.500. The number of aromatic nitrogens is 4. The van der Waals surface area contributed by atoms with Crippen LogP contribution in [0.5, 0.6) is 5.75 Å². The topological polar surface area (TPSA) is 168 Å². The van der Waals surface area contributed by atoms with Gasteiger partial charge < -0.3 is 15.2 Å². The van der Waals surface area contributed by atoms with Gasteiger partial charge in [-0.05, 0) is 42.2 Å². The number of hydrogen-bond donors (Lipinski definition) is 2. The first-order valence-corrected chi connectivity index (χ1v) is 11.3. The van der Waals surface area contributed by atoms with Gasteiger partial charge in [0.1, 0.15) is 10.6 Å². The van der Waals surface area contributed by atoms with Crippen LogP contribution in [0.4, 0.5) is 13.6 Å². The molecule has 0 bridgehead atoms. The average Bonchev–Trinajstić information content (AvgIpc) is 3.21. The highest BCUT2D eigenvalue weighted by atomic mass is 32.2. The Bertz CT molecular complexity index is 1130. The largest absolute Gasteiger partial charge is 0.495 e. The van der Waals surface area contributed by atoms with Crippen molar-refractivity contribution in [2.24, 2.45) is 11.7 Å². The number of benzene rings is 1. The number of carbonyl (C=O) groups excluding carboxylic acids is 2. The van der Waals surface area contributed by atoms with E-state index in [1.165, 1.54) is 30.1 Å². The van der Waals surface area contributed by atoms with E-state index in [1.54, 1.807) is 4.72 Å². The second-order valence-corrected chi connectivity index (χ2v) is 9.13. The van der Waals surface area contributed by atoms with Crippen molar-refractivity contribution in [2.75, 3.05) is 13.7 Å². The van der Waals surface area contributed by atoms with Crippen molar-refractivity contribution in [1.82, 2.24) is 24.9 Å². The molecule has 1 heterocycles. The van der Waals surface area contributed by atoms with Gasteiger partial charge in [-0.25, -0.2) is 26.7 Å². The fourth-order valence-corrected chi connectivity index (χ4v) is 4.35. The molecule has 3 rings (SSSR count). The summed E-state index contributed by atoms with van der Waals surface area (Å²) in [6.07, 6.45) is -1.00. The highest BCUT2D eigenvalue weighted by Gasteiger charge is 2.35. The maximum absolute atomic E-state index is 13.3. The Hall–Kier alpha value is -3.36. The van der Waals surface area contributed by atoms with Crippen LogP contribution >= 0.6 is 0 Å². The summed E-state index contributed by atoms with van der Waals surface area (Å²) in [7, 11) is -3.17. The van der Waals surface area contributed by atoms with Crippen LogP contribution in [0, 0.1) is 5.92 Å². The molecule has 1 aliphatic carbocycles. The Kier molecular flexibility index (Phi) is 7.09. The molecule has 12 nitrogen and oxygen atoms in total. The zero-order chi connectivity index (χ0) is 24.2. The van der Waals surface area contributed by atoms with E-state index in [1.807, 2.05) is 0 Å². The van der Waals surface area contributed by atoms with Crippen LogP contribution in [-0.2, 0) is 26.1 Å². The molecule has 0 unspecified atom stereocenters. The summed E-state index contributed by atoms with van der Waals surface area (Å²) in [5, 5.41) is 12.1. The summed E-state index contributed by atoms with van der Waals surface area (Å²) in [6, 6.07) is 3.89. The molecule has 3 N–H and O–H groups in total. The lowest BCUT2D eigenvalue weighted by Gasteiger charge is -2.27. The average molecular weight is 488 g/mol. The fourth-order valence-electron chi connectivity index (χ4n) is 3.31. The van der Waals surface area contributed by atoms with Crippen molar-refractivity contribution in [3.63, 3.8) is 0 Å². The number of rotatable bonds is 8. The molecule has 2 amide bonds. The third-order valence-electron chi connectivity index (χ3n) is 4.99. The number of hydrogen-bond acceptors (Lipinski definition) is 9. The lowest BCUT2D eigenvalue weighted by atomic mass is 9.87. The zero-order valence-corrected chi connectivity index (χ0v) is 18.3. The van der Waals surface area contributed by atoms with Gasteiger partial charge in [0.15, 0.2) is 6.61 Å². The first-order chi connectivity index (χ1) is 15.5. The highest BCUT2D eigenvalue weighted by molar-refractivity contribution is 7.90. The number of halogens is 2. The Morgan fingerprint density at radius 1 is 1.30 bits per heavy atom. The van der Waals surface area contributed by atoms with Crippen LogP contribution in [0.3, 0.4) is 0 Å². The standard InChI is InChI=1S/C18H22F2N6O6S/c1-31-13-8-12(2-3-14(13)33(29,30)24-17(28)32-10-15(21)27)16-22-25-26(23-16)9-11-4-6-18(19,20)7-5-11/h2-3,8,11H,4-7,9-10H2,1H3,(H2,21,27)(H,24,28). The Labute approximate surface area is 187 Å². The number of methoxy groups -OCH3 is 1. The van der Waals surface area contributed by atoms with Crippen molar-refractivity contribution in [2.45, 2.75) is 43.0 Å². The summed E-state index contributed by atoms with van der Waals surface area (Å²) >= 11 is 0. The number of amides is 2. The molecule has 2 aromatic rings. The predicted molar refractivity (Wildman–Crippen MR) is 108 cm³/mol. The molecule has 1 fully saturated rings. The molecule has 0 radical (unpaired) electrons. The molecule has 1 aliphatic rings. The van der Waals surface area contributed by atoms with E-state index >= 15 is 0 Å². The van der Waals surface area contributed by atoms with Gasteiger partial charge in [-0.2, -0.15) is 4.80 Å². The van der Waals surface area contributed by atoms with E-state index in [9.17, 15) is 26.8 Å². The summed E-state index contributed by atoms with van der Waals surface area (Å²) in [5.41, 5.74) is 5.21. The Morgan fingerprint density at radius 3 is 2.64 bits per heavy atom. The predicted octanol–water partition coefficient (Wildman–Crippen LogP) is 1.07. The number of nitrogens with one attached hydrogen (secondary N) is 1. The normalized spacial score (nSPS) is 16.2. The smallest absolute Gasteiger partial charge is 0.421 e. The molecular weight excluding hydrogens is 466 g/mol. The molecule has 0 saturated heterocycles. The third-order valence-corrected chi connectivity index (χ3v) is 6.34. The monoisotopic (exact) mass is 488 g/mol. The quantitative estimate of drug-likeness (QED) is 0.552. The molecule has 1 aromatic heterocycles. The molecule has 180 valence electrons. The molecule has 1 aromatic carbocycles. The van der Waals surface area contributed by atoms with E-state index < -0.39 is 34.6 Å². The molecule has 0 spiro atoms. The SMILES string of the molecule is COc1cc(-c2nnn(CC3CCC(F)(F)CC3)n2)ccc1S(=O)(=O)NC(=O)OCC(N)=O. The highest BCUT2D eigenvalue weighted by Crippen LogP contribution is 2.36. The van der Waals surface area contributed by atoms with Gasteiger partial charge in [0.2, 0.25) is 11.7 Å². The van der Waals surface area contributed by atoms with Crippen LogP contribution in [0.15, 0.2) is 23.1 Å². The number of tetrazole rings is 1. The number of sulfonamides is 1. The second kappa shape index (κ2) is 9.64. The van der Waals surface area contributed by atoms with Crippen molar-refractivity contribution >= 4 is 22.0 Å². The Morgan fingerprint density at radius 2 is 2.00 bits per heavy atom. The summed E-state index contributed by atoms with van der Waals surface area (Å²) in [4.78, 5) is 23.2. The van der Waals surface area contributed by atoms with Crippen molar-refractivity contribution in [1.29, 1.82) is 0 Å². The van der Waals surface area contributed by atoms with Crippen LogP contribution in [-0.4, -0.2) is 60.3 Å². The van der Waals surface area contributed by atoms with Crippen LogP contribution in [0.1, 0.15) is 25.7 Å². The minimum Gasteiger partial charge on any atom is -0.495 e. The van der Waals surface area contributed by atoms with Crippen molar-refractivity contribution < 1.29 is 36.3 Å². The van der Waals surface area contributed by atoms with Crippen LogP contribution in [0.2, 0.25) is 0 Å². The van der Waals surface area contributed by atoms with Gasteiger partial charge >= 0.3 is 6.09 Å². The first kappa shape index (κ1) is 24.3. The second-order valence-electron chi connectivity index (χ2n) is 7.48. The van der Waals surface area contributed by atoms with Gasteiger partial charge in [-0.1, -0.05) is 0 Å². The summed E-state index contributed by atoms with van der Waals surface area (Å²) in [5.74, 6) is -3.51. The minimum atomic E-state index is -4.40. The van der Waals surface area contributed by atoms with Crippen molar-refractivity contribution in [3.8, 4) is 17.1 Å². The number of alkyl halides is 2. The minimum absolute atomic E-state index is 0.00845. The van der Waals surface area contributed by atoms with Crippen molar-refractivity contribution in [3.05, 3.63) is 18.2 Å². The van der Waals surface area contributed by atoms with Gasteiger partial charge in [0.25, 0.3) is 15.9 Å². The maximum Gasteiger partial charge on any atom is 0.421 e.